The van der Waals surface area contributed by atoms with Crippen LogP contribution in [-0.2, 0) is 0 Å². The van der Waals surface area contributed by atoms with Gasteiger partial charge in [0.15, 0.2) is 0 Å². The van der Waals surface area contributed by atoms with Gasteiger partial charge in [-0.25, -0.2) is 8.78 Å². The maximum atomic E-state index is 12.8. The number of aryl methyl sites for hydroxylation is 1. The monoisotopic (exact) mass is 229 g/mol. The first-order valence-corrected chi connectivity index (χ1v) is 5.26. The minimum atomic E-state index is -2.41. The molecule has 90 valence electrons. The van der Waals surface area contributed by atoms with E-state index in [1.165, 1.54) is 0 Å². The van der Waals surface area contributed by atoms with Crippen molar-refractivity contribution >= 4 is 0 Å². The zero-order valence-electron chi connectivity index (χ0n) is 9.76. The molecule has 0 heterocycles. The van der Waals surface area contributed by atoms with Crippen LogP contribution in [0.25, 0.3) is 0 Å². The fraction of sp³-hybridized carbons (Fsp3) is 0.500. The molecule has 2 nitrogen and oxygen atoms in total. The molecule has 0 saturated heterocycles. The summed E-state index contributed by atoms with van der Waals surface area (Å²) in [6.45, 7) is 4.14. The highest BCUT2D eigenvalue weighted by Crippen LogP contribution is 2.26. The van der Waals surface area contributed by atoms with Gasteiger partial charge in [-0.2, -0.15) is 0 Å². The molecule has 0 aromatic heterocycles. The van der Waals surface area contributed by atoms with E-state index in [1.807, 2.05) is 13.8 Å². The number of ether oxygens (including phenoxy) is 1. The lowest BCUT2D eigenvalue weighted by Gasteiger charge is -2.19. The summed E-state index contributed by atoms with van der Waals surface area (Å²) in [5.41, 5.74) is 1.43. The van der Waals surface area contributed by atoms with E-state index in [0.29, 0.717) is 17.9 Å². The van der Waals surface area contributed by atoms with Crippen LogP contribution in [0, 0.1) is 6.92 Å². The van der Waals surface area contributed by atoms with Crippen molar-refractivity contribution in [2.75, 3.05) is 13.7 Å². The summed E-state index contributed by atoms with van der Waals surface area (Å²) >= 11 is 0. The predicted molar refractivity (Wildman–Crippen MR) is 60.2 cm³/mol. The van der Waals surface area contributed by atoms with Crippen molar-refractivity contribution in [2.24, 2.45) is 0 Å². The maximum Gasteiger partial charge on any atom is 0.257 e. The van der Waals surface area contributed by atoms with Crippen molar-refractivity contribution in [3.63, 3.8) is 0 Å². The van der Waals surface area contributed by atoms with Crippen molar-refractivity contribution in [1.29, 1.82) is 0 Å². The molecule has 0 saturated carbocycles. The Labute approximate surface area is 94.6 Å². The molecule has 0 aliphatic carbocycles. The van der Waals surface area contributed by atoms with Gasteiger partial charge in [0.2, 0.25) is 0 Å². The topological polar surface area (TPSA) is 21.3 Å². The van der Waals surface area contributed by atoms with Gasteiger partial charge in [0.05, 0.1) is 13.2 Å². The maximum absolute atomic E-state index is 12.8. The zero-order chi connectivity index (χ0) is 12.1. The predicted octanol–water partition coefficient (Wildman–Crippen LogP) is 2.92. The molecule has 4 heteroatoms. The molecule has 0 amide bonds. The van der Waals surface area contributed by atoms with Gasteiger partial charge in [0, 0.05) is 0 Å². The lowest BCUT2D eigenvalue weighted by atomic mass is 10.0. The molecule has 1 atom stereocenters. The average Bonchev–Trinajstić information content (AvgIpc) is 2.26. The molecular weight excluding hydrogens is 212 g/mol. The summed E-state index contributed by atoms with van der Waals surface area (Å²) < 4.78 is 30.7. The summed E-state index contributed by atoms with van der Waals surface area (Å²) in [6, 6.07) is 4.25. The fourth-order valence-electron chi connectivity index (χ4n) is 1.68. The third-order valence-corrected chi connectivity index (χ3v) is 2.49. The Morgan fingerprint density at radius 3 is 2.50 bits per heavy atom. The third kappa shape index (κ3) is 2.92. The van der Waals surface area contributed by atoms with Gasteiger partial charge in [-0.1, -0.05) is 13.0 Å². The van der Waals surface area contributed by atoms with E-state index in [9.17, 15) is 8.78 Å². The first-order valence-electron chi connectivity index (χ1n) is 5.26. The highest BCUT2D eigenvalue weighted by Gasteiger charge is 2.22. The molecule has 0 aliphatic heterocycles. The molecule has 1 rings (SSSR count). The van der Waals surface area contributed by atoms with Crippen LogP contribution in [0.2, 0.25) is 0 Å². The van der Waals surface area contributed by atoms with E-state index < -0.39 is 12.5 Å². The van der Waals surface area contributed by atoms with Gasteiger partial charge in [-0.05, 0) is 36.7 Å². The lowest BCUT2D eigenvalue weighted by molar-refractivity contribution is 0.0989. The van der Waals surface area contributed by atoms with Crippen LogP contribution in [0.5, 0.6) is 5.75 Å². The minimum absolute atomic E-state index is 0.514. The van der Waals surface area contributed by atoms with Gasteiger partial charge in [-0.15, -0.1) is 0 Å². The molecule has 1 N–H and O–H groups in total. The second-order valence-corrected chi connectivity index (χ2v) is 3.59. The van der Waals surface area contributed by atoms with Gasteiger partial charge in [0.1, 0.15) is 5.75 Å². The molecule has 0 aliphatic rings. The molecule has 0 radical (unpaired) electrons. The van der Waals surface area contributed by atoms with E-state index in [-0.39, 0.29) is 0 Å². The Bertz CT molecular complexity index is 342. The summed E-state index contributed by atoms with van der Waals surface area (Å²) in [4.78, 5) is 0. The molecular formula is C12H17F2NO. The van der Waals surface area contributed by atoms with Crippen molar-refractivity contribution in [3.05, 3.63) is 29.3 Å². The Morgan fingerprint density at radius 1 is 1.38 bits per heavy atom. The molecule has 1 unspecified atom stereocenters. The number of hydrogen-bond acceptors (Lipinski definition) is 2. The van der Waals surface area contributed by atoms with Crippen LogP contribution < -0.4 is 10.1 Å². The van der Waals surface area contributed by atoms with E-state index >= 15 is 0 Å². The molecule has 1 aromatic carbocycles. The summed E-state index contributed by atoms with van der Waals surface area (Å²) in [6.07, 6.45) is -2.41. The molecule has 16 heavy (non-hydrogen) atoms. The van der Waals surface area contributed by atoms with Crippen molar-refractivity contribution < 1.29 is 13.5 Å². The van der Waals surface area contributed by atoms with Crippen LogP contribution in [0.3, 0.4) is 0 Å². The zero-order valence-corrected chi connectivity index (χ0v) is 9.76. The minimum Gasteiger partial charge on any atom is -0.497 e. The third-order valence-electron chi connectivity index (χ3n) is 2.49. The number of methoxy groups -OCH3 is 1. The van der Waals surface area contributed by atoms with E-state index in [1.54, 1.807) is 25.3 Å². The van der Waals surface area contributed by atoms with Crippen LogP contribution in [0.15, 0.2) is 18.2 Å². The first kappa shape index (κ1) is 12.9. The quantitative estimate of drug-likeness (QED) is 0.838. The molecule has 0 spiro atoms. The lowest BCUT2D eigenvalue weighted by Crippen LogP contribution is -2.27. The Hall–Kier alpha value is -1.16. The largest absolute Gasteiger partial charge is 0.497 e. The van der Waals surface area contributed by atoms with Gasteiger partial charge in [-0.3, -0.25) is 0 Å². The van der Waals surface area contributed by atoms with Crippen molar-refractivity contribution in [2.45, 2.75) is 26.3 Å². The summed E-state index contributed by atoms with van der Waals surface area (Å²) in [5.74, 6) is 0.686. The number of rotatable bonds is 5. The SMILES string of the molecule is CCNC(c1ccc(OC)cc1C)C(F)F. The van der Waals surface area contributed by atoms with Crippen LogP contribution in [0.4, 0.5) is 8.78 Å². The number of hydrogen-bond donors (Lipinski definition) is 1. The number of halogens is 2. The highest BCUT2D eigenvalue weighted by molar-refractivity contribution is 5.36. The van der Waals surface area contributed by atoms with Crippen LogP contribution >= 0.6 is 0 Å². The highest BCUT2D eigenvalue weighted by atomic mass is 19.3. The Balaban J connectivity index is 3.00. The second-order valence-electron chi connectivity index (χ2n) is 3.59. The van der Waals surface area contributed by atoms with Gasteiger partial charge >= 0.3 is 0 Å². The van der Waals surface area contributed by atoms with E-state index in [2.05, 4.69) is 5.32 Å². The first-order chi connectivity index (χ1) is 7.60. The number of nitrogens with one attached hydrogen (secondary N) is 1. The fourth-order valence-corrected chi connectivity index (χ4v) is 1.68. The van der Waals surface area contributed by atoms with Crippen LogP contribution in [0.1, 0.15) is 24.1 Å². The Morgan fingerprint density at radius 2 is 2.06 bits per heavy atom. The second kappa shape index (κ2) is 5.80. The van der Waals surface area contributed by atoms with Gasteiger partial charge in [0.25, 0.3) is 6.43 Å². The van der Waals surface area contributed by atoms with Crippen LogP contribution in [-0.4, -0.2) is 20.1 Å². The molecule has 0 fully saturated rings. The standard InChI is InChI=1S/C12H17F2NO/c1-4-15-11(12(13)14)10-6-5-9(16-3)7-8(10)2/h5-7,11-12,15H,4H2,1-3H3. The molecule has 0 bridgehead atoms. The summed E-state index contributed by atoms with van der Waals surface area (Å²) in [7, 11) is 1.56. The van der Waals surface area contributed by atoms with Gasteiger partial charge < -0.3 is 10.1 Å². The van der Waals surface area contributed by atoms with Crippen molar-refractivity contribution in [1.82, 2.24) is 5.32 Å². The molecule has 1 aromatic rings. The average molecular weight is 229 g/mol. The Kier molecular flexibility index (Phi) is 4.68. The normalized spacial score (nSPS) is 12.9. The number of benzene rings is 1. The van der Waals surface area contributed by atoms with E-state index in [0.717, 1.165) is 5.56 Å². The number of alkyl halides is 2. The van der Waals surface area contributed by atoms with E-state index in [4.69, 9.17) is 4.74 Å². The smallest absolute Gasteiger partial charge is 0.257 e. The van der Waals surface area contributed by atoms with Crippen molar-refractivity contribution in [3.8, 4) is 5.75 Å². The summed E-state index contributed by atoms with van der Waals surface area (Å²) in [5, 5.41) is 2.79.